The van der Waals surface area contributed by atoms with Gasteiger partial charge in [0, 0.05) is 47.4 Å². The third kappa shape index (κ3) is 5.76. The second-order valence-corrected chi connectivity index (χ2v) is 7.86. The molecule has 0 radical (unpaired) electrons. The number of allylic oxidation sites excluding steroid dienone is 2. The molecule has 5 nitrogen and oxygen atoms in total. The third-order valence-corrected chi connectivity index (χ3v) is 5.50. The van der Waals surface area contributed by atoms with E-state index in [1.165, 1.54) is 7.11 Å². The van der Waals surface area contributed by atoms with Crippen molar-refractivity contribution in [1.29, 1.82) is 0 Å². The van der Waals surface area contributed by atoms with Gasteiger partial charge in [-0.3, -0.25) is 9.59 Å². The summed E-state index contributed by atoms with van der Waals surface area (Å²) in [4.78, 5) is 27.0. The SMILES string of the molecule is COc1ccc(C(=O)CCC2C=CN(Cc3cccc(Cl)c3)C=C2C(C)=O)cc1OC. The molecule has 6 heteroatoms. The number of rotatable bonds is 9. The molecule has 0 aliphatic carbocycles. The molecule has 1 unspecified atom stereocenters. The minimum Gasteiger partial charge on any atom is -0.493 e. The number of ketones is 2. The van der Waals surface area contributed by atoms with Crippen LogP contribution in [0.1, 0.15) is 35.7 Å². The van der Waals surface area contributed by atoms with Crippen LogP contribution >= 0.6 is 11.6 Å². The summed E-state index contributed by atoms with van der Waals surface area (Å²) in [6.45, 7) is 2.18. The molecule has 0 spiro atoms. The van der Waals surface area contributed by atoms with Crippen LogP contribution in [0.25, 0.3) is 0 Å². The van der Waals surface area contributed by atoms with E-state index in [4.69, 9.17) is 21.1 Å². The lowest BCUT2D eigenvalue weighted by molar-refractivity contribution is -0.114. The zero-order valence-corrected chi connectivity index (χ0v) is 18.7. The Balaban J connectivity index is 1.67. The molecule has 2 aromatic carbocycles. The zero-order chi connectivity index (χ0) is 22.4. The number of hydrogen-bond acceptors (Lipinski definition) is 5. The van der Waals surface area contributed by atoms with E-state index in [9.17, 15) is 9.59 Å². The number of nitrogens with zero attached hydrogens (tertiary/aromatic N) is 1. The lowest BCUT2D eigenvalue weighted by Gasteiger charge is -2.26. The van der Waals surface area contributed by atoms with Crippen LogP contribution in [0.15, 0.2) is 66.5 Å². The van der Waals surface area contributed by atoms with Gasteiger partial charge in [-0.05, 0) is 49.2 Å². The molecule has 3 rings (SSSR count). The molecule has 0 bridgehead atoms. The van der Waals surface area contributed by atoms with Gasteiger partial charge in [0.25, 0.3) is 0 Å². The fraction of sp³-hybridized carbons (Fsp3) is 0.280. The predicted molar refractivity (Wildman–Crippen MR) is 121 cm³/mol. The Kier molecular flexibility index (Phi) is 7.53. The van der Waals surface area contributed by atoms with Gasteiger partial charge in [0.2, 0.25) is 0 Å². The Morgan fingerprint density at radius 2 is 1.84 bits per heavy atom. The standard InChI is InChI=1S/C25H26ClNO4/c1-17(28)22-16-27(15-18-5-4-6-21(26)13-18)12-11-19(22)7-9-23(29)20-8-10-24(30-2)25(14-20)31-3/h4-6,8,10-14,16,19H,7,9,15H2,1-3H3. The quantitative estimate of drug-likeness (QED) is 0.487. The van der Waals surface area contributed by atoms with Crippen LogP contribution in [0.3, 0.4) is 0 Å². The van der Waals surface area contributed by atoms with Gasteiger partial charge in [-0.2, -0.15) is 0 Å². The van der Waals surface area contributed by atoms with E-state index in [2.05, 4.69) is 0 Å². The Morgan fingerprint density at radius 3 is 2.52 bits per heavy atom. The normalized spacial score (nSPS) is 15.4. The topological polar surface area (TPSA) is 55.8 Å². The average molecular weight is 440 g/mol. The van der Waals surface area contributed by atoms with Gasteiger partial charge in [0.05, 0.1) is 14.2 Å². The molecular formula is C25H26ClNO4. The second kappa shape index (κ2) is 10.3. The van der Waals surface area contributed by atoms with Crippen LogP contribution in [-0.2, 0) is 11.3 Å². The van der Waals surface area contributed by atoms with E-state index in [0.29, 0.717) is 47.0 Å². The molecule has 0 saturated heterocycles. The summed E-state index contributed by atoms with van der Waals surface area (Å²) in [7, 11) is 3.10. The molecule has 1 aliphatic heterocycles. The number of hydrogen-bond donors (Lipinski definition) is 0. The number of ether oxygens (including phenoxy) is 2. The lowest BCUT2D eigenvalue weighted by atomic mass is 9.88. The highest BCUT2D eigenvalue weighted by Gasteiger charge is 2.22. The number of benzene rings is 2. The minimum atomic E-state index is -0.0998. The molecular weight excluding hydrogens is 414 g/mol. The lowest BCUT2D eigenvalue weighted by Crippen LogP contribution is -2.21. The van der Waals surface area contributed by atoms with Crippen LogP contribution in [0.5, 0.6) is 11.5 Å². The van der Waals surface area contributed by atoms with Crippen LogP contribution in [-0.4, -0.2) is 30.7 Å². The van der Waals surface area contributed by atoms with Crippen molar-refractivity contribution in [3.8, 4) is 11.5 Å². The number of Topliss-reactive ketones (excluding diaryl/α,β-unsaturated/α-hetero) is 2. The van der Waals surface area contributed by atoms with Crippen LogP contribution < -0.4 is 9.47 Å². The summed E-state index contributed by atoms with van der Waals surface area (Å²) in [5.41, 5.74) is 2.32. The first-order valence-corrected chi connectivity index (χ1v) is 10.5. The van der Waals surface area contributed by atoms with E-state index < -0.39 is 0 Å². The highest BCUT2D eigenvalue weighted by atomic mass is 35.5. The molecule has 162 valence electrons. The van der Waals surface area contributed by atoms with Gasteiger partial charge >= 0.3 is 0 Å². The summed E-state index contributed by atoms with van der Waals surface area (Å²) in [6, 6.07) is 12.8. The van der Waals surface area contributed by atoms with E-state index in [-0.39, 0.29) is 17.5 Å². The van der Waals surface area contributed by atoms with Gasteiger partial charge in [0.1, 0.15) is 0 Å². The maximum absolute atomic E-state index is 12.7. The Bertz CT molecular complexity index is 1030. The maximum atomic E-state index is 12.7. The Morgan fingerprint density at radius 1 is 1.06 bits per heavy atom. The van der Waals surface area contributed by atoms with Gasteiger partial charge < -0.3 is 14.4 Å². The molecule has 0 aromatic heterocycles. The first-order valence-electron chi connectivity index (χ1n) is 10.1. The summed E-state index contributed by atoms with van der Waals surface area (Å²) < 4.78 is 10.5. The molecule has 2 aromatic rings. The first-order chi connectivity index (χ1) is 14.9. The van der Waals surface area contributed by atoms with E-state index in [1.807, 2.05) is 47.6 Å². The van der Waals surface area contributed by atoms with Gasteiger partial charge in [0.15, 0.2) is 23.1 Å². The summed E-state index contributed by atoms with van der Waals surface area (Å²) in [5.74, 6) is 1.00. The van der Waals surface area contributed by atoms with Crippen molar-refractivity contribution < 1.29 is 19.1 Å². The van der Waals surface area contributed by atoms with Crippen LogP contribution in [0.2, 0.25) is 5.02 Å². The van der Waals surface area contributed by atoms with Crippen LogP contribution in [0, 0.1) is 5.92 Å². The van der Waals surface area contributed by atoms with E-state index in [1.54, 1.807) is 32.2 Å². The van der Waals surface area contributed by atoms with E-state index >= 15 is 0 Å². The molecule has 1 aliphatic rings. The molecule has 0 amide bonds. The van der Waals surface area contributed by atoms with Gasteiger partial charge in [-0.25, -0.2) is 0 Å². The molecule has 0 saturated carbocycles. The smallest absolute Gasteiger partial charge is 0.163 e. The monoisotopic (exact) mass is 439 g/mol. The maximum Gasteiger partial charge on any atom is 0.163 e. The molecule has 1 heterocycles. The Labute approximate surface area is 187 Å². The van der Waals surface area contributed by atoms with Gasteiger partial charge in [-0.15, -0.1) is 0 Å². The molecule has 31 heavy (non-hydrogen) atoms. The fourth-order valence-electron chi connectivity index (χ4n) is 3.62. The largest absolute Gasteiger partial charge is 0.493 e. The zero-order valence-electron chi connectivity index (χ0n) is 17.9. The van der Waals surface area contributed by atoms with Crippen molar-refractivity contribution in [1.82, 2.24) is 4.90 Å². The summed E-state index contributed by atoms with van der Waals surface area (Å²) >= 11 is 6.07. The molecule has 1 atom stereocenters. The van der Waals surface area contributed by atoms with Crippen molar-refractivity contribution in [2.45, 2.75) is 26.3 Å². The van der Waals surface area contributed by atoms with Crippen molar-refractivity contribution in [3.63, 3.8) is 0 Å². The Hall–Kier alpha value is -3.05. The van der Waals surface area contributed by atoms with E-state index in [0.717, 1.165) is 5.56 Å². The number of methoxy groups -OCH3 is 2. The minimum absolute atomic E-state index is 0.00129. The summed E-state index contributed by atoms with van der Waals surface area (Å²) in [5, 5.41) is 0.681. The number of halogens is 1. The van der Waals surface area contributed by atoms with Crippen molar-refractivity contribution >= 4 is 23.2 Å². The van der Waals surface area contributed by atoms with Crippen molar-refractivity contribution in [2.75, 3.05) is 14.2 Å². The molecule has 0 fully saturated rings. The van der Waals surface area contributed by atoms with Crippen molar-refractivity contribution in [3.05, 3.63) is 82.7 Å². The van der Waals surface area contributed by atoms with Crippen molar-refractivity contribution in [2.24, 2.45) is 5.92 Å². The number of carbonyl (C=O) groups excluding carboxylic acids is 2. The van der Waals surface area contributed by atoms with Crippen LogP contribution in [0.4, 0.5) is 0 Å². The number of carbonyl (C=O) groups is 2. The summed E-state index contributed by atoms with van der Waals surface area (Å²) in [6.07, 6.45) is 6.69. The van der Waals surface area contributed by atoms with Gasteiger partial charge in [-0.1, -0.05) is 29.8 Å². The fourth-order valence-corrected chi connectivity index (χ4v) is 3.84. The third-order valence-electron chi connectivity index (χ3n) is 5.26. The highest BCUT2D eigenvalue weighted by Crippen LogP contribution is 2.30. The predicted octanol–water partition coefficient (Wildman–Crippen LogP) is 5.44. The first kappa shape index (κ1) is 22.6. The highest BCUT2D eigenvalue weighted by molar-refractivity contribution is 6.30. The average Bonchev–Trinajstić information content (AvgIpc) is 2.77. The second-order valence-electron chi connectivity index (χ2n) is 7.42. The molecule has 0 N–H and O–H groups in total.